The van der Waals surface area contributed by atoms with E-state index in [2.05, 4.69) is 52.1 Å². The third-order valence-electron chi connectivity index (χ3n) is 4.94. The lowest BCUT2D eigenvalue weighted by molar-refractivity contribution is -0.164. The molecule has 18 heavy (non-hydrogen) atoms. The Kier molecular flexibility index (Phi) is 3.23. The van der Waals surface area contributed by atoms with Crippen LogP contribution in [-0.4, -0.2) is 30.6 Å². The summed E-state index contributed by atoms with van der Waals surface area (Å²) in [6.07, 6.45) is 4.50. The van der Waals surface area contributed by atoms with E-state index in [-0.39, 0.29) is 20.9 Å². The van der Waals surface area contributed by atoms with E-state index in [1.165, 1.54) is 0 Å². The van der Waals surface area contributed by atoms with Gasteiger partial charge < -0.3 is 9.84 Å². The van der Waals surface area contributed by atoms with Crippen molar-refractivity contribution in [2.24, 2.45) is 11.3 Å². The van der Waals surface area contributed by atoms with Gasteiger partial charge in [0.05, 0.1) is 5.60 Å². The highest BCUT2D eigenvalue weighted by molar-refractivity contribution is 14.1. The van der Waals surface area contributed by atoms with Crippen LogP contribution in [-0.2, 0) is 9.53 Å². The second-order valence-electron chi connectivity index (χ2n) is 6.58. The van der Waals surface area contributed by atoms with Crippen molar-refractivity contribution in [1.82, 2.24) is 0 Å². The molecule has 3 fully saturated rings. The quantitative estimate of drug-likeness (QED) is 0.388. The van der Waals surface area contributed by atoms with Crippen LogP contribution in [0.4, 0.5) is 0 Å². The molecule has 0 saturated heterocycles. The molecule has 5 heteroatoms. The van der Waals surface area contributed by atoms with Gasteiger partial charge in [-0.1, -0.05) is 52.1 Å². The number of aliphatic hydroxyl groups is 1. The molecule has 0 aromatic heterocycles. The number of rotatable bonds is 3. The summed E-state index contributed by atoms with van der Waals surface area (Å²) in [5.41, 5.74) is -0.809. The van der Waals surface area contributed by atoms with Gasteiger partial charge in [-0.2, -0.15) is 0 Å². The molecule has 1 N–H and O–H groups in total. The zero-order valence-electron chi connectivity index (χ0n) is 10.4. The van der Waals surface area contributed by atoms with E-state index in [4.69, 9.17) is 4.74 Å². The fraction of sp³-hybridized carbons (Fsp3) is 0.923. The van der Waals surface area contributed by atoms with E-state index in [0.29, 0.717) is 12.3 Å². The van der Waals surface area contributed by atoms with Gasteiger partial charge in [-0.3, -0.25) is 4.79 Å². The topological polar surface area (TPSA) is 46.5 Å². The summed E-state index contributed by atoms with van der Waals surface area (Å²) in [5, 5.41) is 10.5. The molecule has 3 rings (SSSR count). The summed E-state index contributed by atoms with van der Waals surface area (Å²) in [5.74, 6) is 0.453. The van der Waals surface area contributed by atoms with E-state index in [1.54, 1.807) is 0 Å². The minimum Gasteiger partial charge on any atom is -0.458 e. The first-order valence-electron chi connectivity index (χ1n) is 6.49. The van der Waals surface area contributed by atoms with Gasteiger partial charge in [-0.25, -0.2) is 0 Å². The van der Waals surface area contributed by atoms with Gasteiger partial charge in [-0.15, -0.1) is 0 Å². The molecule has 3 nitrogen and oxygen atoms in total. The van der Waals surface area contributed by atoms with Crippen LogP contribution in [0.15, 0.2) is 0 Å². The van der Waals surface area contributed by atoms with Gasteiger partial charge >= 0.3 is 5.97 Å². The molecule has 102 valence electrons. The Bertz CT molecular complexity index is 398. The van der Waals surface area contributed by atoms with Crippen LogP contribution < -0.4 is 0 Å². The zero-order chi connectivity index (χ0) is 13.2. The van der Waals surface area contributed by atoms with Crippen molar-refractivity contribution in [1.29, 1.82) is 0 Å². The third kappa shape index (κ3) is 1.94. The first-order valence-corrected chi connectivity index (χ1v) is 9.26. The van der Waals surface area contributed by atoms with Gasteiger partial charge in [-0.05, 0) is 31.6 Å². The number of alkyl halides is 2. The molecule has 3 aliphatic carbocycles. The second kappa shape index (κ2) is 4.19. The van der Waals surface area contributed by atoms with Crippen LogP contribution in [0.1, 0.15) is 39.0 Å². The van der Waals surface area contributed by atoms with Crippen LogP contribution in [0.25, 0.3) is 0 Å². The second-order valence-corrected chi connectivity index (χ2v) is 8.97. The summed E-state index contributed by atoms with van der Waals surface area (Å²) in [7, 11) is 0. The maximum atomic E-state index is 12.0. The SMILES string of the molecule is CC1CC2(OC(=O)C(I)CI)CC3(O)CC3(C1)C2. The van der Waals surface area contributed by atoms with Crippen molar-refractivity contribution in [3.8, 4) is 0 Å². The van der Waals surface area contributed by atoms with Gasteiger partial charge in [0.2, 0.25) is 0 Å². The van der Waals surface area contributed by atoms with E-state index < -0.39 is 5.60 Å². The Morgan fingerprint density at radius 1 is 1.44 bits per heavy atom. The molecule has 0 aromatic carbocycles. The first-order chi connectivity index (χ1) is 8.34. The number of esters is 1. The monoisotopic (exact) mass is 476 g/mol. The fourth-order valence-electron chi connectivity index (χ4n) is 4.51. The molecule has 3 saturated carbocycles. The summed E-state index contributed by atoms with van der Waals surface area (Å²) in [6, 6.07) is 0. The number of hydrogen-bond acceptors (Lipinski definition) is 3. The summed E-state index contributed by atoms with van der Waals surface area (Å²) < 4.78 is 6.55. The molecule has 0 amide bonds. The average molecular weight is 476 g/mol. The summed E-state index contributed by atoms with van der Waals surface area (Å²) >= 11 is 4.35. The number of carbonyl (C=O) groups is 1. The normalized spacial score (nSPS) is 50.6. The zero-order valence-corrected chi connectivity index (χ0v) is 14.7. The minimum atomic E-state index is -0.525. The van der Waals surface area contributed by atoms with Crippen molar-refractivity contribution in [2.75, 3.05) is 4.43 Å². The van der Waals surface area contributed by atoms with Gasteiger partial charge in [0.15, 0.2) is 0 Å². The van der Waals surface area contributed by atoms with E-state index in [0.717, 1.165) is 30.1 Å². The molecule has 2 bridgehead atoms. The average Bonchev–Trinajstić information content (AvgIpc) is 2.70. The predicted octanol–water partition coefficient (Wildman–Crippen LogP) is 2.85. The molecular formula is C13H18I2O3. The minimum absolute atomic E-state index is 0.0719. The predicted molar refractivity (Wildman–Crippen MR) is 85.1 cm³/mol. The van der Waals surface area contributed by atoms with Crippen LogP contribution >= 0.6 is 45.2 Å². The number of fused-ring (bicyclic) bond motifs is 1. The lowest BCUT2D eigenvalue weighted by atomic mass is 9.74. The molecule has 0 aliphatic heterocycles. The van der Waals surface area contributed by atoms with Crippen molar-refractivity contribution in [2.45, 2.75) is 54.2 Å². The van der Waals surface area contributed by atoms with Crippen molar-refractivity contribution < 1.29 is 14.6 Å². The maximum Gasteiger partial charge on any atom is 0.320 e. The van der Waals surface area contributed by atoms with Gasteiger partial charge in [0.1, 0.15) is 9.53 Å². The van der Waals surface area contributed by atoms with Gasteiger partial charge in [0.25, 0.3) is 0 Å². The van der Waals surface area contributed by atoms with Crippen molar-refractivity contribution in [3.05, 3.63) is 0 Å². The number of halogens is 2. The Morgan fingerprint density at radius 2 is 2.17 bits per heavy atom. The molecule has 0 radical (unpaired) electrons. The van der Waals surface area contributed by atoms with Crippen LogP contribution in [0.3, 0.4) is 0 Å². The summed E-state index contributed by atoms with van der Waals surface area (Å²) in [4.78, 5) is 12.0. The molecule has 3 aliphatic rings. The van der Waals surface area contributed by atoms with Crippen molar-refractivity contribution >= 4 is 51.2 Å². The van der Waals surface area contributed by atoms with E-state index in [9.17, 15) is 9.90 Å². The highest BCUT2D eigenvalue weighted by Gasteiger charge is 2.78. The van der Waals surface area contributed by atoms with Crippen LogP contribution in [0, 0.1) is 11.3 Å². The molecule has 5 atom stereocenters. The lowest BCUT2D eigenvalue weighted by Gasteiger charge is -2.39. The Balaban J connectivity index is 1.78. The standard InChI is InChI=1S/C13H18I2O3/c1-8-2-11-5-12(3-8,7-13(11,17)6-11)18-10(16)9(15)4-14/h8-9,17H,2-7H2,1H3. The largest absolute Gasteiger partial charge is 0.458 e. The van der Waals surface area contributed by atoms with E-state index in [1.807, 2.05) is 0 Å². The third-order valence-corrected chi connectivity index (χ3v) is 8.45. The Labute approximate surface area is 135 Å². The molecule has 0 aromatic rings. The van der Waals surface area contributed by atoms with E-state index >= 15 is 0 Å². The first kappa shape index (κ1) is 13.9. The highest BCUT2D eigenvalue weighted by Crippen LogP contribution is 2.76. The molecular weight excluding hydrogens is 458 g/mol. The number of hydrogen-bond donors (Lipinski definition) is 1. The van der Waals surface area contributed by atoms with Crippen molar-refractivity contribution in [3.63, 3.8) is 0 Å². The smallest absolute Gasteiger partial charge is 0.320 e. The molecule has 5 unspecified atom stereocenters. The maximum absolute atomic E-state index is 12.0. The fourth-order valence-corrected chi connectivity index (χ4v) is 5.00. The number of carbonyl (C=O) groups excluding carboxylic acids is 1. The highest BCUT2D eigenvalue weighted by atomic mass is 127. The molecule has 0 heterocycles. The number of ether oxygens (including phenoxy) is 1. The Hall–Kier alpha value is 0.890. The lowest BCUT2D eigenvalue weighted by Crippen LogP contribution is -2.41. The molecule has 1 spiro atoms. The van der Waals surface area contributed by atoms with Gasteiger partial charge in [0, 0.05) is 16.3 Å². The Morgan fingerprint density at radius 3 is 2.83 bits per heavy atom. The summed E-state index contributed by atoms with van der Waals surface area (Å²) in [6.45, 7) is 2.22. The van der Waals surface area contributed by atoms with Crippen LogP contribution in [0.2, 0.25) is 0 Å². The van der Waals surface area contributed by atoms with Crippen LogP contribution in [0.5, 0.6) is 0 Å².